The molecular formula is C13H19FN2O2. The molecule has 2 N–H and O–H groups in total. The van der Waals surface area contributed by atoms with Crippen molar-refractivity contribution in [3.63, 3.8) is 0 Å². The molecule has 0 aromatic heterocycles. The average molecular weight is 254 g/mol. The van der Waals surface area contributed by atoms with E-state index in [1.165, 1.54) is 6.07 Å². The van der Waals surface area contributed by atoms with E-state index in [0.717, 1.165) is 6.42 Å². The third-order valence-electron chi connectivity index (χ3n) is 2.70. The summed E-state index contributed by atoms with van der Waals surface area (Å²) in [5, 5.41) is 11.8. The SMILES string of the molecule is CCCN(CC(=O)NC)c1cccc(F)c1CO. The van der Waals surface area contributed by atoms with E-state index in [2.05, 4.69) is 5.32 Å². The van der Waals surface area contributed by atoms with Gasteiger partial charge in [0.2, 0.25) is 5.91 Å². The number of likely N-dealkylation sites (N-methyl/N-ethyl adjacent to an activating group) is 1. The highest BCUT2D eigenvalue weighted by atomic mass is 19.1. The van der Waals surface area contributed by atoms with Gasteiger partial charge in [-0.05, 0) is 18.6 Å². The minimum Gasteiger partial charge on any atom is -0.391 e. The quantitative estimate of drug-likeness (QED) is 0.804. The molecule has 1 rings (SSSR count). The molecule has 5 heteroatoms. The molecule has 0 saturated carbocycles. The van der Waals surface area contributed by atoms with Gasteiger partial charge in [-0.2, -0.15) is 0 Å². The molecule has 100 valence electrons. The van der Waals surface area contributed by atoms with Crippen LogP contribution in [0.25, 0.3) is 0 Å². The van der Waals surface area contributed by atoms with E-state index in [1.54, 1.807) is 24.1 Å². The Morgan fingerprint density at radius 2 is 2.22 bits per heavy atom. The Balaban J connectivity index is 3.04. The number of nitrogens with zero attached hydrogens (tertiary/aromatic N) is 1. The Labute approximate surface area is 106 Å². The molecule has 1 aromatic carbocycles. The summed E-state index contributed by atoms with van der Waals surface area (Å²) in [7, 11) is 1.56. The molecule has 0 atom stereocenters. The van der Waals surface area contributed by atoms with Crippen LogP contribution in [0.1, 0.15) is 18.9 Å². The fraction of sp³-hybridized carbons (Fsp3) is 0.462. The van der Waals surface area contributed by atoms with Gasteiger partial charge < -0.3 is 15.3 Å². The molecule has 18 heavy (non-hydrogen) atoms. The van der Waals surface area contributed by atoms with Crippen molar-refractivity contribution in [2.75, 3.05) is 25.0 Å². The van der Waals surface area contributed by atoms with Gasteiger partial charge in [-0.3, -0.25) is 4.79 Å². The second-order valence-electron chi connectivity index (χ2n) is 3.99. The molecule has 0 heterocycles. The monoisotopic (exact) mass is 254 g/mol. The van der Waals surface area contributed by atoms with Crippen LogP contribution in [0.2, 0.25) is 0 Å². The molecule has 0 aliphatic heterocycles. The number of benzene rings is 1. The van der Waals surface area contributed by atoms with Crippen LogP contribution in [0.5, 0.6) is 0 Å². The Bertz CT molecular complexity index is 410. The first-order valence-electron chi connectivity index (χ1n) is 5.97. The molecule has 0 bridgehead atoms. The number of amides is 1. The van der Waals surface area contributed by atoms with Crippen molar-refractivity contribution in [2.24, 2.45) is 0 Å². The molecule has 1 amide bonds. The fourth-order valence-electron chi connectivity index (χ4n) is 1.81. The highest BCUT2D eigenvalue weighted by Crippen LogP contribution is 2.23. The van der Waals surface area contributed by atoms with Crippen molar-refractivity contribution in [3.05, 3.63) is 29.6 Å². The van der Waals surface area contributed by atoms with Crippen molar-refractivity contribution < 1.29 is 14.3 Å². The van der Waals surface area contributed by atoms with Crippen molar-refractivity contribution in [1.29, 1.82) is 0 Å². The van der Waals surface area contributed by atoms with E-state index in [0.29, 0.717) is 12.2 Å². The van der Waals surface area contributed by atoms with Crippen LogP contribution in [-0.4, -0.2) is 31.2 Å². The van der Waals surface area contributed by atoms with Crippen molar-refractivity contribution >= 4 is 11.6 Å². The first-order valence-corrected chi connectivity index (χ1v) is 5.97. The van der Waals surface area contributed by atoms with Crippen molar-refractivity contribution in [3.8, 4) is 0 Å². The van der Waals surface area contributed by atoms with Gasteiger partial charge in [0.15, 0.2) is 0 Å². The molecule has 0 aliphatic rings. The maximum Gasteiger partial charge on any atom is 0.239 e. The maximum absolute atomic E-state index is 13.6. The predicted octanol–water partition coefficient (Wildman–Crippen LogP) is 1.28. The van der Waals surface area contributed by atoms with E-state index in [1.807, 2.05) is 6.92 Å². The van der Waals surface area contributed by atoms with Crippen LogP contribution >= 0.6 is 0 Å². The van der Waals surface area contributed by atoms with E-state index in [-0.39, 0.29) is 24.6 Å². The first-order chi connectivity index (χ1) is 8.63. The van der Waals surface area contributed by atoms with Gasteiger partial charge >= 0.3 is 0 Å². The second kappa shape index (κ2) is 6.96. The van der Waals surface area contributed by atoms with E-state index in [9.17, 15) is 14.3 Å². The number of halogens is 1. The molecule has 1 aromatic rings. The Kier molecular flexibility index (Phi) is 5.58. The zero-order chi connectivity index (χ0) is 13.5. The number of rotatable bonds is 6. The smallest absolute Gasteiger partial charge is 0.239 e. The summed E-state index contributed by atoms with van der Waals surface area (Å²) in [5.41, 5.74) is 0.804. The number of anilines is 1. The summed E-state index contributed by atoms with van der Waals surface area (Å²) in [4.78, 5) is 13.2. The van der Waals surface area contributed by atoms with Crippen LogP contribution in [-0.2, 0) is 11.4 Å². The Hall–Kier alpha value is -1.62. The summed E-state index contributed by atoms with van der Waals surface area (Å²) in [5.74, 6) is -0.593. The third kappa shape index (κ3) is 3.43. The number of carbonyl (C=O) groups excluding carboxylic acids is 1. The zero-order valence-corrected chi connectivity index (χ0v) is 10.7. The minimum absolute atomic E-state index is 0.142. The Morgan fingerprint density at radius 3 is 2.78 bits per heavy atom. The van der Waals surface area contributed by atoms with Crippen LogP contribution < -0.4 is 10.2 Å². The summed E-state index contributed by atoms with van der Waals surface area (Å²) in [6.45, 7) is 2.38. The summed E-state index contributed by atoms with van der Waals surface area (Å²) in [6, 6.07) is 4.60. The van der Waals surface area contributed by atoms with Gasteiger partial charge in [0.05, 0.1) is 13.2 Å². The molecule has 0 saturated heterocycles. The second-order valence-corrected chi connectivity index (χ2v) is 3.99. The zero-order valence-electron chi connectivity index (χ0n) is 10.7. The predicted molar refractivity (Wildman–Crippen MR) is 68.9 cm³/mol. The molecule has 0 fully saturated rings. The largest absolute Gasteiger partial charge is 0.391 e. The van der Waals surface area contributed by atoms with Gasteiger partial charge in [0.25, 0.3) is 0 Å². The fourth-order valence-corrected chi connectivity index (χ4v) is 1.81. The molecule has 0 unspecified atom stereocenters. The molecule has 0 radical (unpaired) electrons. The number of aliphatic hydroxyl groups excluding tert-OH is 1. The standard InChI is InChI=1S/C13H19FN2O2/c1-3-7-16(8-13(18)15-2)12-6-4-5-11(14)10(12)9-17/h4-6,17H,3,7-9H2,1-2H3,(H,15,18). The number of carbonyl (C=O) groups is 1. The van der Waals surface area contributed by atoms with Gasteiger partial charge in [0.1, 0.15) is 5.82 Å². The summed E-state index contributed by atoms with van der Waals surface area (Å²) in [6.07, 6.45) is 0.832. The number of hydrogen-bond acceptors (Lipinski definition) is 3. The van der Waals surface area contributed by atoms with Gasteiger partial charge in [-0.15, -0.1) is 0 Å². The molecular weight excluding hydrogens is 235 g/mol. The average Bonchev–Trinajstić information content (AvgIpc) is 2.37. The van der Waals surface area contributed by atoms with Crippen LogP contribution in [0, 0.1) is 5.82 Å². The summed E-state index contributed by atoms with van der Waals surface area (Å²) >= 11 is 0. The molecule has 0 aliphatic carbocycles. The topological polar surface area (TPSA) is 52.6 Å². The first kappa shape index (κ1) is 14.4. The lowest BCUT2D eigenvalue weighted by molar-refractivity contribution is -0.119. The lowest BCUT2D eigenvalue weighted by Gasteiger charge is -2.25. The lowest BCUT2D eigenvalue weighted by atomic mass is 10.1. The van der Waals surface area contributed by atoms with Gasteiger partial charge in [-0.1, -0.05) is 13.0 Å². The lowest BCUT2D eigenvalue weighted by Crippen LogP contribution is -2.36. The van der Waals surface area contributed by atoms with Crippen LogP contribution in [0.4, 0.5) is 10.1 Å². The van der Waals surface area contributed by atoms with Gasteiger partial charge in [0, 0.05) is 24.8 Å². The van der Waals surface area contributed by atoms with Crippen LogP contribution in [0.3, 0.4) is 0 Å². The third-order valence-corrected chi connectivity index (χ3v) is 2.70. The van der Waals surface area contributed by atoms with Crippen molar-refractivity contribution in [1.82, 2.24) is 5.32 Å². The van der Waals surface area contributed by atoms with E-state index in [4.69, 9.17) is 0 Å². The Morgan fingerprint density at radius 1 is 1.50 bits per heavy atom. The number of nitrogens with one attached hydrogen (secondary N) is 1. The number of aliphatic hydroxyl groups is 1. The van der Waals surface area contributed by atoms with E-state index >= 15 is 0 Å². The maximum atomic E-state index is 13.6. The van der Waals surface area contributed by atoms with E-state index < -0.39 is 5.82 Å². The minimum atomic E-state index is -0.451. The van der Waals surface area contributed by atoms with Crippen LogP contribution in [0.15, 0.2) is 18.2 Å². The van der Waals surface area contributed by atoms with Crippen molar-refractivity contribution in [2.45, 2.75) is 20.0 Å². The highest BCUT2D eigenvalue weighted by Gasteiger charge is 2.15. The number of hydrogen-bond donors (Lipinski definition) is 2. The molecule has 0 spiro atoms. The van der Waals surface area contributed by atoms with Gasteiger partial charge in [-0.25, -0.2) is 4.39 Å². The highest BCUT2D eigenvalue weighted by molar-refractivity contribution is 5.81. The normalized spacial score (nSPS) is 10.2. The summed E-state index contributed by atoms with van der Waals surface area (Å²) < 4.78 is 13.6. The molecule has 4 nitrogen and oxygen atoms in total.